The minimum atomic E-state index is 0.573. The lowest BCUT2D eigenvalue weighted by molar-refractivity contribution is 0.485. The van der Waals surface area contributed by atoms with Crippen molar-refractivity contribution in [1.82, 2.24) is 25.4 Å². The Morgan fingerprint density at radius 1 is 1.42 bits per heavy atom. The Kier molecular flexibility index (Phi) is 3.60. The zero-order valence-corrected chi connectivity index (χ0v) is 11.8. The maximum atomic E-state index is 5.29. The van der Waals surface area contributed by atoms with Crippen LogP contribution in [0, 0.1) is 6.92 Å². The molecule has 0 saturated heterocycles. The second kappa shape index (κ2) is 5.54. The van der Waals surface area contributed by atoms with Gasteiger partial charge in [0.15, 0.2) is 0 Å². The van der Waals surface area contributed by atoms with Gasteiger partial charge in [0, 0.05) is 18.2 Å². The molecule has 3 rings (SSSR count). The van der Waals surface area contributed by atoms with Crippen LogP contribution >= 0.6 is 23.1 Å². The van der Waals surface area contributed by atoms with Crippen LogP contribution in [0.15, 0.2) is 27.1 Å². The zero-order valence-electron chi connectivity index (χ0n) is 10.2. The highest BCUT2D eigenvalue weighted by Gasteiger charge is 2.08. The van der Waals surface area contributed by atoms with Crippen molar-refractivity contribution in [1.29, 1.82) is 0 Å². The number of hydrogen-bond donors (Lipinski definition) is 1. The zero-order chi connectivity index (χ0) is 13.1. The van der Waals surface area contributed by atoms with Gasteiger partial charge < -0.3 is 4.42 Å². The van der Waals surface area contributed by atoms with E-state index in [4.69, 9.17) is 4.42 Å². The van der Waals surface area contributed by atoms with Gasteiger partial charge in [-0.3, -0.25) is 5.10 Å². The molecule has 0 fully saturated rings. The molecule has 0 amide bonds. The van der Waals surface area contributed by atoms with Gasteiger partial charge in [-0.05, 0) is 11.4 Å². The Bertz CT molecular complexity index is 646. The molecule has 0 aliphatic heterocycles. The van der Waals surface area contributed by atoms with Crippen molar-refractivity contribution in [3.05, 3.63) is 40.0 Å². The lowest BCUT2D eigenvalue weighted by Gasteiger charge is -1.91. The summed E-state index contributed by atoms with van der Waals surface area (Å²) in [5, 5.41) is 17.6. The quantitative estimate of drug-likeness (QED) is 0.728. The molecule has 0 bridgehead atoms. The van der Waals surface area contributed by atoms with E-state index in [1.165, 1.54) is 16.6 Å². The lowest BCUT2D eigenvalue weighted by Crippen LogP contribution is -1.87. The van der Waals surface area contributed by atoms with Crippen LogP contribution in [0.4, 0.5) is 0 Å². The van der Waals surface area contributed by atoms with E-state index in [-0.39, 0.29) is 0 Å². The van der Waals surface area contributed by atoms with Crippen LogP contribution in [-0.2, 0) is 12.2 Å². The Balaban J connectivity index is 1.59. The number of H-pyrrole nitrogens is 1. The van der Waals surface area contributed by atoms with E-state index in [1.54, 1.807) is 18.3 Å². The summed E-state index contributed by atoms with van der Waals surface area (Å²) in [5.41, 5.74) is 0. The first-order chi connectivity index (χ1) is 9.29. The number of thiophene rings is 1. The third kappa shape index (κ3) is 3.21. The Labute approximate surface area is 117 Å². The second-order valence-corrected chi connectivity index (χ2v) is 5.80. The fraction of sp³-hybridized carbons (Fsp3) is 0.273. The first-order valence-corrected chi connectivity index (χ1v) is 7.51. The highest BCUT2D eigenvalue weighted by atomic mass is 32.2. The van der Waals surface area contributed by atoms with Gasteiger partial charge in [-0.2, -0.15) is 0 Å². The first-order valence-electron chi connectivity index (χ1n) is 5.65. The van der Waals surface area contributed by atoms with E-state index in [0.29, 0.717) is 22.7 Å². The maximum absolute atomic E-state index is 5.29. The molecular weight excluding hydrogens is 282 g/mol. The maximum Gasteiger partial charge on any atom is 0.226 e. The number of thioether (sulfide) groups is 1. The molecule has 19 heavy (non-hydrogen) atoms. The van der Waals surface area contributed by atoms with Crippen molar-refractivity contribution in [3.8, 4) is 0 Å². The summed E-state index contributed by atoms with van der Waals surface area (Å²) in [6.07, 6.45) is 0.783. The van der Waals surface area contributed by atoms with Crippen LogP contribution in [0.1, 0.15) is 22.5 Å². The van der Waals surface area contributed by atoms with E-state index < -0.39 is 0 Å². The molecule has 8 heteroatoms. The van der Waals surface area contributed by atoms with Crippen molar-refractivity contribution >= 4 is 23.1 Å². The fourth-order valence-electron chi connectivity index (χ4n) is 1.52. The van der Waals surface area contributed by atoms with E-state index >= 15 is 0 Å². The van der Waals surface area contributed by atoms with Crippen molar-refractivity contribution in [3.63, 3.8) is 0 Å². The molecule has 0 aromatic carbocycles. The number of hydrogen-bond acceptors (Lipinski definition) is 7. The molecule has 0 aliphatic rings. The lowest BCUT2D eigenvalue weighted by atomic mass is 10.3. The van der Waals surface area contributed by atoms with Crippen LogP contribution in [0.3, 0.4) is 0 Å². The van der Waals surface area contributed by atoms with Gasteiger partial charge in [-0.15, -0.1) is 26.6 Å². The normalized spacial score (nSPS) is 11.0. The fourth-order valence-corrected chi connectivity index (χ4v) is 2.89. The standard InChI is InChI=1S/C11H11N5OS2/c1-7-13-15-10(17-7)6-19-11-12-9(14-16-11)5-8-3-2-4-18-8/h2-4H,5-6H2,1H3,(H,12,14,16). The molecule has 3 aromatic heterocycles. The Hall–Kier alpha value is -1.67. The van der Waals surface area contributed by atoms with Crippen LogP contribution < -0.4 is 0 Å². The van der Waals surface area contributed by atoms with Crippen molar-refractivity contribution < 1.29 is 4.42 Å². The number of aromatic amines is 1. The summed E-state index contributed by atoms with van der Waals surface area (Å²) >= 11 is 3.19. The monoisotopic (exact) mass is 293 g/mol. The van der Waals surface area contributed by atoms with E-state index in [1.807, 2.05) is 6.07 Å². The molecule has 1 N–H and O–H groups in total. The molecule has 0 radical (unpaired) electrons. The highest BCUT2D eigenvalue weighted by Crippen LogP contribution is 2.19. The average Bonchev–Trinajstić information content (AvgIpc) is 3.10. The number of aryl methyl sites for hydroxylation is 1. The Morgan fingerprint density at radius 3 is 3.11 bits per heavy atom. The smallest absolute Gasteiger partial charge is 0.226 e. The number of nitrogens with zero attached hydrogens (tertiary/aromatic N) is 4. The summed E-state index contributed by atoms with van der Waals surface area (Å²) in [6, 6.07) is 4.12. The van der Waals surface area contributed by atoms with E-state index in [0.717, 1.165) is 12.2 Å². The molecule has 6 nitrogen and oxygen atoms in total. The molecular formula is C11H11N5OS2. The third-order valence-corrected chi connectivity index (χ3v) is 4.03. The number of rotatable bonds is 5. The topological polar surface area (TPSA) is 80.5 Å². The van der Waals surface area contributed by atoms with Crippen molar-refractivity contribution in [2.24, 2.45) is 0 Å². The van der Waals surface area contributed by atoms with Crippen LogP contribution in [0.2, 0.25) is 0 Å². The molecule has 0 atom stereocenters. The van der Waals surface area contributed by atoms with Crippen LogP contribution in [0.25, 0.3) is 0 Å². The predicted molar refractivity (Wildman–Crippen MR) is 72.1 cm³/mol. The van der Waals surface area contributed by atoms with Gasteiger partial charge in [0.2, 0.25) is 16.9 Å². The first kappa shape index (κ1) is 12.4. The van der Waals surface area contributed by atoms with Gasteiger partial charge in [0.25, 0.3) is 0 Å². The summed E-state index contributed by atoms with van der Waals surface area (Å²) in [6.45, 7) is 1.77. The van der Waals surface area contributed by atoms with Crippen molar-refractivity contribution in [2.45, 2.75) is 24.3 Å². The average molecular weight is 293 g/mol. The number of nitrogens with one attached hydrogen (secondary N) is 1. The molecule has 3 heterocycles. The van der Waals surface area contributed by atoms with Crippen LogP contribution in [0.5, 0.6) is 0 Å². The molecule has 0 spiro atoms. The van der Waals surface area contributed by atoms with Crippen LogP contribution in [-0.4, -0.2) is 25.4 Å². The summed E-state index contributed by atoms with van der Waals surface area (Å²) < 4.78 is 5.29. The molecule has 0 saturated carbocycles. The Morgan fingerprint density at radius 2 is 2.37 bits per heavy atom. The predicted octanol–water partition coefficient (Wildman–Crippen LogP) is 2.44. The van der Waals surface area contributed by atoms with E-state index in [9.17, 15) is 0 Å². The minimum Gasteiger partial charge on any atom is -0.425 e. The highest BCUT2D eigenvalue weighted by molar-refractivity contribution is 7.98. The summed E-state index contributed by atoms with van der Waals surface area (Å²) in [5.74, 6) is 2.61. The molecule has 98 valence electrons. The second-order valence-electron chi connectivity index (χ2n) is 3.82. The van der Waals surface area contributed by atoms with Gasteiger partial charge in [-0.25, -0.2) is 4.98 Å². The molecule has 3 aromatic rings. The number of aromatic nitrogens is 5. The van der Waals surface area contributed by atoms with Gasteiger partial charge in [0.1, 0.15) is 5.82 Å². The molecule has 0 aliphatic carbocycles. The van der Waals surface area contributed by atoms with Crippen molar-refractivity contribution in [2.75, 3.05) is 0 Å². The third-order valence-electron chi connectivity index (χ3n) is 2.33. The summed E-state index contributed by atoms with van der Waals surface area (Å²) in [7, 11) is 0. The molecule has 0 unspecified atom stereocenters. The van der Waals surface area contributed by atoms with Gasteiger partial charge in [0.05, 0.1) is 5.75 Å². The summed E-state index contributed by atoms with van der Waals surface area (Å²) in [4.78, 5) is 5.68. The largest absolute Gasteiger partial charge is 0.425 e. The SMILES string of the molecule is Cc1nnc(CSc2n[nH]c(Cc3cccs3)n2)o1. The van der Waals surface area contributed by atoms with Gasteiger partial charge >= 0.3 is 0 Å². The van der Waals surface area contributed by atoms with E-state index in [2.05, 4.69) is 36.8 Å². The minimum absolute atomic E-state index is 0.573. The van der Waals surface area contributed by atoms with Gasteiger partial charge in [-0.1, -0.05) is 17.8 Å².